The maximum Gasteiger partial charge on any atom is 0.133 e. The number of hydrogen-bond donors (Lipinski definition) is 0. The molecule has 0 saturated heterocycles. The van der Waals surface area contributed by atoms with Crippen LogP contribution >= 0.6 is 0 Å². The van der Waals surface area contributed by atoms with Crippen LogP contribution in [-0.4, -0.2) is 18.0 Å². The fourth-order valence-corrected chi connectivity index (χ4v) is 4.30. The van der Waals surface area contributed by atoms with E-state index in [1.54, 1.807) is 6.92 Å². The average molecular weight is 238 g/mol. The molecular weight excluding hydrogens is 212 g/mol. The van der Waals surface area contributed by atoms with Crippen LogP contribution in [0.3, 0.4) is 0 Å². The molecule has 4 atom stereocenters. The van der Waals surface area contributed by atoms with E-state index in [1.807, 2.05) is 0 Å². The topological polar surface area (TPSA) is 26.3 Å². The van der Waals surface area contributed by atoms with E-state index in [0.29, 0.717) is 23.9 Å². The summed E-state index contributed by atoms with van der Waals surface area (Å²) in [6.07, 6.45) is 6.56. The Bertz CT molecular complexity index is 297. The number of carbonyl (C=O) groups excluding carboxylic acids is 1. The zero-order valence-corrected chi connectivity index (χ0v) is 11.7. The van der Waals surface area contributed by atoms with Crippen LogP contribution in [0.4, 0.5) is 0 Å². The van der Waals surface area contributed by atoms with Crippen molar-refractivity contribution in [3.05, 3.63) is 0 Å². The molecule has 0 aliphatic heterocycles. The van der Waals surface area contributed by atoms with Crippen LogP contribution in [0, 0.1) is 17.3 Å². The molecule has 2 aliphatic carbocycles. The van der Waals surface area contributed by atoms with Gasteiger partial charge in [-0.2, -0.15) is 0 Å². The van der Waals surface area contributed by atoms with Crippen molar-refractivity contribution in [3.63, 3.8) is 0 Å². The first kappa shape index (κ1) is 13.1. The van der Waals surface area contributed by atoms with Gasteiger partial charge in [0.05, 0.1) is 12.2 Å². The second kappa shape index (κ2) is 4.72. The molecule has 0 aromatic heterocycles. The quantitative estimate of drug-likeness (QED) is 0.751. The summed E-state index contributed by atoms with van der Waals surface area (Å²) < 4.78 is 6.09. The van der Waals surface area contributed by atoms with Crippen LogP contribution in [0.1, 0.15) is 59.8 Å². The molecule has 0 heterocycles. The number of fused-ring (bicyclic) bond motifs is 1. The van der Waals surface area contributed by atoms with E-state index in [0.717, 1.165) is 6.42 Å². The lowest BCUT2D eigenvalue weighted by molar-refractivity contribution is -0.129. The number of carbonyl (C=O) groups is 1. The van der Waals surface area contributed by atoms with Crippen LogP contribution in [0.15, 0.2) is 0 Å². The van der Waals surface area contributed by atoms with Gasteiger partial charge in [0.15, 0.2) is 0 Å². The smallest absolute Gasteiger partial charge is 0.133 e. The Kier molecular flexibility index (Phi) is 3.63. The second-order valence-electron chi connectivity index (χ2n) is 6.47. The summed E-state index contributed by atoms with van der Waals surface area (Å²) in [5, 5.41) is 0. The minimum Gasteiger partial charge on any atom is -0.375 e. The Morgan fingerprint density at radius 1 is 1.29 bits per heavy atom. The third-order valence-electron chi connectivity index (χ3n) is 5.00. The molecule has 2 nitrogen and oxygen atoms in total. The van der Waals surface area contributed by atoms with Crippen molar-refractivity contribution >= 4 is 5.78 Å². The first-order valence-corrected chi connectivity index (χ1v) is 7.11. The van der Waals surface area contributed by atoms with Gasteiger partial charge in [-0.05, 0) is 57.8 Å². The molecule has 2 fully saturated rings. The Morgan fingerprint density at radius 3 is 2.59 bits per heavy atom. The van der Waals surface area contributed by atoms with Gasteiger partial charge in [0.1, 0.15) is 5.78 Å². The van der Waals surface area contributed by atoms with Gasteiger partial charge in [-0.25, -0.2) is 0 Å². The van der Waals surface area contributed by atoms with E-state index >= 15 is 0 Å². The van der Waals surface area contributed by atoms with E-state index in [2.05, 4.69) is 20.8 Å². The van der Waals surface area contributed by atoms with Gasteiger partial charge in [0, 0.05) is 5.92 Å². The number of ketones is 1. The summed E-state index contributed by atoms with van der Waals surface area (Å²) in [4.78, 5) is 11.8. The Labute approximate surface area is 105 Å². The molecule has 0 amide bonds. The normalized spacial score (nSPS) is 41.6. The molecule has 2 heteroatoms. The molecular formula is C15H26O2. The monoisotopic (exact) mass is 238 g/mol. The van der Waals surface area contributed by atoms with Crippen LogP contribution in [0.25, 0.3) is 0 Å². The van der Waals surface area contributed by atoms with Gasteiger partial charge in [-0.15, -0.1) is 0 Å². The van der Waals surface area contributed by atoms with E-state index in [9.17, 15) is 4.79 Å². The second-order valence-corrected chi connectivity index (χ2v) is 6.47. The van der Waals surface area contributed by atoms with Crippen molar-refractivity contribution in [1.29, 1.82) is 0 Å². The summed E-state index contributed by atoms with van der Waals surface area (Å²) in [7, 11) is 0. The number of Topliss-reactive ketones (excluding diaryl/α,β-unsaturated/α-hetero) is 1. The highest BCUT2D eigenvalue weighted by Gasteiger charge is 2.53. The number of hydrogen-bond acceptors (Lipinski definition) is 2. The van der Waals surface area contributed by atoms with Crippen LogP contribution in [0.5, 0.6) is 0 Å². The van der Waals surface area contributed by atoms with E-state index in [4.69, 9.17) is 4.74 Å². The molecule has 0 aromatic carbocycles. The number of ether oxygens (including phenoxy) is 1. The van der Waals surface area contributed by atoms with Gasteiger partial charge < -0.3 is 4.74 Å². The molecule has 98 valence electrons. The van der Waals surface area contributed by atoms with Crippen molar-refractivity contribution in [3.8, 4) is 0 Å². The molecule has 0 radical (unpaired) electrons. The molecule has 0 N–H and O–H groups in total. The highest BCUT2D eigenvalue weighted by Crippen LogP contribution is 2.56. The number of rotatable bonds is 3. The molecule has 0 spiro atoms. The zero-order valence-electron chi connectivity index (χ0n) is 11.7. The van der Waals surface area contributed by atoms with Crippen molar-refractivity contribution in [2.45, 2.75) is 72.0 Å². The third kappa shape index (κ3) is 2.29. The standard InChI is InChI=1S/C15H26O2/c1-10(2)17-14-6-5-9-15(4)12(11(3)16)7-8-13(14)15/h10,12-14H,5-9H2,1-4H3. The highest BCUT2D eigenvalue weighted by molar-refractivity contribution is 5.79. The lowest BCUT2D eigenvalue weighted by atomic mass is 9.63. The van der Waals surface area contributed by atoms with Gasteiger partial charge in [-0.3, -0.25) is 4.79 Å². The van der Waals surface area contributed by atoms with Gasteiger partial charge in [0.2, 0.25) is 0 Å². The molecule has 2 rings (SSSR count). The van der Waals surface area contributed by atoms with Crippen molar-refractivity contribution in [2.75, 3.05) is 0 Å². The molecule has 0 aromatic rings. The SMILES string of the molecule is CC(=O)C1CCC2C(OC(C)C)CCCC12C. The first-order chi connectivity index (χ1) is 7.95. The summed E-state index contributed by atoms with van der Waals surface area (Å²) in [5.41, 5.74) is 0.212. The first-order valence-electron chi connectivity index (χ1n) is 7.11. The van der Waals surface area contributed by atoms with E-state index < -0.39 is 0 Å². The van der Waals surface area contributed by atoms with E-state index in [-0.39, 0.29) is 11.3 Å². The van der Waals surface area contributed by atoms with Crippen molar-refractivity contribution in [2.24, 2.45) is 17.3 Å². The molecule has 4 unspecified atom stereocenters. The largest absolute Gasteiger partial charge is 0.375 e. The highest BCUT2D eigenvalue weighted by atomic mass is 16.5. The minimum atomic E-state index is 0.212. The van der Waals surface area contributed by atoms with Crippen molar-refractivity contribution < 1.29 is 9.53 Å². The van der Waals surface area contributed by atoms with Crippen LogP contribution in [-0.2, 0) is 9.53 Å². The zero-order chi connectivity index (χ0) is 12.6. The fourth-order valence-electron chi connectivity index (χ4n) is 4.30. The maximum absolute atomic E-state index is 11.8. The lowest BCUT2D eigenvalue weighted by Gasteiger charge is -2.44. The molecule has 17 heavy (non-hydrogen) atoms. The Balaban J connectivity index is 2.16. The van der Waals surface area contributed by atoms with Gasteiger partial charge in [-0.1, -0.05) is 13.3 Å². The van der Waals surface area contributed by atoms with Gasteiger partial charge in [0.25, 0.3) is 0 Å². The molecule has 0 bridgehead atoms. The Hall–Kier alpha value is -0.370. The summed E-state index contributed by atoms with van der Waals surface area (Å²) in [6, 6.07) is 0. The lowest BCUT2D eigenvalue weighted by Crippen LogP contribution is -2.43. The predicted octanol–water partition coefficient (Wildman–Crippen LogP) is 3.59. The predicted molar refractivity (Wildman–Crippen MR) is 68.9 cm³/mol. The van der Waals surface area contributed by atoms with Gasteiger partial charge >= 0.3 is 0 Å². The molecule has 2 saturated carbocycles. The average Bonchev–Trinajstić information content (AvgIpc) is 2.55. The van der Waals surface area contributed by atoms with E-state index in [1.165, 1.54) is 25.7 Å². The van der Waals surface area contributed by atoms with Crippen molar-refractivity contribution in [1.82, 2.24) is 0 Å². The summed E-state index contributed by atoms with van der Waals surface area (Å²) >= 11 is 0. The molecule has 2 aliphatic rings. The third-order valence-corrected chi connectivity index (χ3v) is 5.00. The van der Waals surface area contributed by atoms with Crippen LogP contribution < -0.4 is 0 Å². The fraction of sp³-hybridized carbons (Fsp3) is 0.933. The van der Waals surface area contributed by atoms with Crippen LogP contribution in [0.2, 0.25) is 0 Å². The maximum atomic E-state index is 11.8. The Morgan fingerprint density at radius 2 is 2.00 bits per heavy atom. The summed E-state index contributed by atoms with van der Waals surface area (Å²) in [5.74, 6) is 1.28. The summed E-state index contributed by atoms with van der Waals surface area (Å²) in [6.45, 7) is 8.32. The minimum absolute atomic E-state index is 0.212.